The van der Waals surface area contributed by atoms with Crippen molar-refractivity contribution < 1.29 is 9.13 Å². The highest BCUT2D eigenvalue weighted by atomic mass is 19.1. The molecule has 1 aromatic rings. The molecule has 0 atom stereocenters. The van der Waals surface area contributed by atoms with Crippen LogP contribution >= 0.6 is 0 Å². The van der Waals surface area contributed by atoms with Crippen LogP contribution in [0.3, 0.4) is 0 Å². The predicted octanol–water partition coefficient (Wildman–Crippen LogP) is 2.52. The second-order valence-electron chi connectivity index (χ2n) is 4.01. The van der Waals surface area contributed by atoms with Crippen LogP contribution in [0.15, 0.2) is 18.5 Å². The van der Waals surface area contributed by atoms with E-state index in [0.717, 1.165) is 38.2 Å². The first-order chi connectivity index (χ1) is 8.33. The van der Waals surface area contributed by atoms with Crippen molar-refractivity contribution >= 4 is 0 Å². The first-order valence-electron chi connectivity index (χ1n) is 6.21. The maximum absolute atomic E-state index is 12.8. The van der Waals surface area contributed by atoms with Gasteiger partial charge in [-0.25, -0.2) is 4.39 Å². The average molecular weight is 240 g/mol. The molecule has 0 bridgehead atoms. The summed E-state index contributed by atoms with van der Waals surface area (Å²) in [7, 11) is 0. The van der Waals surface area contributed by atoms with E-state index in [2.05, 4.69) is 17.2 Å². The highest BCUT2D eigenvalue weighted by Crippen LogP contribution is 1.99. The number of nitrogens with one attached hydrogen (secondary N) is 1. The maximum Gasteiger partial charge on any atom is 0.141 e. The van der Waals surface area contributed by atoms with Crippen molar-refractivity contribution in [3.05, 3.63) is 29.8 Å². The Bertz CT molecular complexity index is 307. The number of halogens is 1. The van der Waals surface area contributed by atoms with Crippen LogP contribution in [-0.4, -0.2) is 24.7 Å². The third-order valence-corrected chi connectivity index (χ3v) is 2.38. The van der Waals surface area contributed by atoms with Crippen LogP contribution in [-0.2, 0) is 11.3 Å². The molecule has 1 N–H and O–H groups in total. The van der Waals surface area contributed by atoms with Crippen LogP contribution in [0, 0.1) is 5.82 Å². The largest absolute Gasteiger partial charge is 0.381 e. The second kappa shape index (κ2) is 9.07. The Balaban J connectivity index is 1.97. The van der Waals surface area contributed by atoms with E-state index in [1.54, 1.807) is 6.20 Å². The first-order valence-corrected chi connectivity index (χ1v) is 6.21. The molecular formula is C13H21FN2O. The van der Waals surface area contributed by atoms with Crippen molar-refractivity contribution in [2.45, 2.75) is 32.7 Å². The smallest absolute Gasteiger partial charge is 0.141 e. The Morgan fingerprint density at radius 2 is 2.12 bits per heavy atom. The molecule has 1 heterocycles. The quantitative estimate of drug-likeness (QED) is 0.673. The molecule has 4 heteroatoms. The summed E-state index contributed by atoms with van der Waals surface area (Å²) in [5.41, 5.74) is 0.872. The fraction of sp³-hybridized carbons (Fsp3) is 0.615. The lowest BCUT2D eigenvalue weighted by atomic mass is 10.3. The number of pyridine rings is 1. The Kier molecular flexibility index (Phi) is 7.51. The molecule has 1 rings (SSSR count). The van der Waals surface area contributed by atoms with Crippen molar-refractivity contribution in [3.63, 3.8) is 0 Å². The summed E-state index contributed by atoms with van der Waals surface area (Å²) >= 11 is 0. The SMILES string of the molecule is CCCCOCCCNCc1cncc(F)c1. The van der Waals surface area contributed by atoms with Crippen molar-refractivity contribution in [2.24, 2.45) is 0 Å². The van der Waals surface area contributed by atoms with Crippen LogP contribution < -0.4 is 5.32 Å². The molecular weight excluding hydrogens is 219 g/mol. The Morgan fingerprint density at radius 3 is 2.88 bits per heavy atom. The van der Waals surface area contributed by atoms with Gasteiger partial charge in [0.2, 0.25) is 0 Å². The van der Waals surface area contributed by atoms with Crippen LogP contribution in [0.25, 0.3) is 0 Å². The van der Waals surface area contributed by atoms with Gasteiger partial charge in [-0.05, 0) is 31.0 Å². The zero-order valence-electron chi connectivity index (χ0n) is 10.4. The molecule has 0 saturated heterocycles. The molecule has 0 aliphatic carbocycles. The lowest BCUT2D eigenvalue weighted by Crippen LogP contribution is -2.16. The monoisotopic (exact) mass is 240 g/mol. The minimum Gasteiger partial charge on any atom is -0.381 e. The number of unbranched alkanes of at least 4 members (excludes halogenated alkanes) is 1. The van der Waals surface area contributed by atoms with Crippen molar-refractivity contribution in [2.75, 3.05) is 19.8 Å². The van der Waals surface area contributed by atoms with Gasteiger partial charge in [-0.3, -0.25) is 4.98 Å². The molecule has 0 radical (unpaired) electrons. The number of hydrogen-bond acceptors (Lipinski definition) is 3. The summed E-state index contributed by atoms with van der Waals surface area (Å²) in [5.74, 6) is -0.285. The Morgan fingerprint density at radius 1 is 1.29 bits per heavy atom. The van der Waals surface area contributed by atoms with Gasteiger partial charge >= 0.3 is 0 Å². The molecule has 1 aromatic heterocycles. The van der Waals surface area contributed by atoms with Gasteiger partial charge < -0.3 is 10.1 Å². The van der Waals surface area contributed by atoms with E-state index in [1.165, 1.54) is 18.7 Å². The first kappa shape index (κ1) is 14.1. The summed E-state index contributed by atoms with van der Waals surface area (Å²) in [5, 5.41) is 3.23. The van der Waals surface area contributed by atoms with E-state index >= 15 is 0 Å². The van der Waals surface area contributed by atoms with Gasteiger partial charge in [-0.2, -0.15) is 0 Å². The Labute approximate surface area is 102 Å². The third-order valence-electron chi connectivity index (χ3n) is 2.38. The van der Waals surface area contributed by atoms with Gasteiger partial charge in [-0.15, -0.1) is 0 Å². The third kappa shape index (κ3) is 7.02. The van der Waals surface area contributed by atoms with Gasteiger partial charge in [0.05, 0.1) is 6.20 Å². The molecule has 0 amide bonds. The van der Waals surface area contributed by atoms with Crippen LogP contribution in [0.4, 0.5) is 4.39 Å². The van der Waals surface area contributed by atoms with Gasteiger partial charge in [0.25, 0.3) is 0 Å². The van der Waals surface area contributed by atoms with Crippen LogP contribution in [0.5, 0.6) is 0 Å². The summed E-state index contributed by atoms with van der Waals surface area (Å²) in [6.07, 6.45) is 6.17. The van der Waals surface area contributed by atoms with Crippen LogP contribution in [0.1, 0.15) is 31.7 Å². The molecule has 96 valence electrons. The standard InChI is InChI=1S/C13H21FN2O/c1-2-3-6-17-7-4-5-15-9-12-8-13(14)11-16-10-12/h8,10-11,15H,2-7,9H2,1H3. The van der Waals surface area contributed by atoms with E-state index < -0.39 is 0 Å². The van der Waals surface area contributed by atoms with Gasteiger partial charge in [0, 0.05) is 26.0 Å². The van der Waals surface area contributed by atoms with E-state index in [4.69, 9.17) is 4.74 Å². The molecule has 0 aliphatic heterocycles. The molecule has 0 aliphatic rings. The normalized spacial score (nSPS) is 10.7. The van der Waals surface area contributed by atoms with Gasteiger partial charge in [0.15, 0.2) is 0 Å². The summed E-state index contributed by atoms with van der Waals surface area (Å²) in [6, 6.07) is 1.50. The topological polar surface area (TPSA) is 34.1 Å². The summed E-state index contributed by atoms with van der Waals surface area (Å²) < 4.78 is 18.2. The zero-order chi connectivity index (χ0) is 12.3. The molecule has 0 spiro atoms. The molecule has 17 heavy (non-hydrogen) atoms. The maximum atomic E-state index is 12.8. The minimum absolute atomic E-state index is 0.285. The van der Waals surface area contributed by atoms with Crippen molar-refractivity contribution in [3.8, 4) is 0 Å². The Hall–Kier alpha value is -1.00. The number of hydrogen-bond donors (Lipinski definition) is 1. The number of ether oxygens (including phenoxy) is 1. The summed E-state index contributed by atoms with van der Waals surface area (Å²) in [6.45, 7) is 5.32. The number of rotatable bonds is 9. The highest BCUT2D eigenvalue weighted by molar-refractivity contribution is 5.09. The second-order valence-corrected chi connectivity index (χ2v) is 4.01. The molecule has 0 fully saturated rings. The van der Waals surface area contributed by atoms with E-state index in [9.17, 15) is 4.39 Å². The highest BCUT2D eigenvalue weighted by Gasteiger charge is 1.95. The fourth-order valence-electron chi connectivity index (χ4n) is 1.43. The van der Waals surface area contributed by atoms with E-state index in [0.29, 0.717) is 6.54 Å². The molecule has 0 unspecified atom stereocenters. The van der Waals surface area contributed by atoms with E-state index in [1.807, 2.05) is 0 Å². The molecule has 0 aromatic carbocycles. The van der Waals surface area contributed by atoms with Gasteiger partial charge in [-0.1, -0.05) is 13.3 Å². The van der Waals surface area contributed by atoms with Crippen molar-refractivity contribution in [1.82, 2.24) is 10.3 Å². The summed E-state index contributed by atoms with van der Waals surface area (Å²) in [4.78, 5) is 3.79. The average Bonchev–Trinajstić information content (AvgIpc) is 2.33. The minimum atomic E-state index is -0.285. The molecule has 0 saturated carbocycles. The number of nitrogens with zero attached hydrogens (tertiary/aromatic N) is 1. The van der Waals surface area contributed by atoms with Crippen molar-refractivity contribution in [1.29, 1.82) is 0 Å². The van der Waals surface area contributed by atoms with E-state index in [-0.39, 0.29) is 5.82 Å². The number of aromatic nitrogens is 1. The van der Waals surface area contributed by atoms with Crippen LogP contribution in [0.2, 0.25) is 0 Å². The molecule has 3 nitrogen and oxygen atoms in total. The van der Waals surface area contributed by atoms with Gasteiger partial charge in [0.1, 0.15) is 5.82 Å². The fourth-order valence-corrected chi connectivity index (χ4v) is 1.43. The zero-order valence-corrected chi connectivity index (χ0v) is 10.4. The predicted molar refractivity (Wildman–Crippen MR) is 66.2 cm³/mol. The lowest BCUT2D eigenvalue weighted by molar-refractivity contribution is 0.129. The lowest BCUT2D eigenvalue weighted by Gasteiger charge is -2.05.